The molecule has 0 fully saturated rings. The number of hydrogen-bond donors (Lipinski definition) is 0. The van der Waals surface area contributed by atoms with Gasteiger partial charge in [-0.25, -0.2) is 8.42 Å². The molecule has 2 aliphatic rings. The molecular weight excluding hydrogens is 352 g/mol. The highest BCUT2D eigenvalue weighted by Gasteiger charge is 2.33. The first kappa shape index (κ1) is 14.9. The Bertz CT molecular complexity index is 1350. The molecule has 0 bridgehead atoms. The van der Waals surface area contributed by atoms with Crippen LogP contribution in [0, 0.1) is 0 Å². The number of sulfone groups is 1. The minimum Gasteiger partial charge on any atom is -0.218 e. The van der Waals surface area contributed by atoms with Crippen LogP contribution in [0.4, 0.5) is 0 Å². The van der Waals surface area contributed by atoms with E-state index in [9.17, 15) is 8.42 Å². The molecule has 27 heavy (non-hydrogen) atoms. The largest absolute Gasteiger partial charge is 0.218 e. The summed E-state index contributed by atoms with van der Waals surface area (Å²) in [5.41, 5.74) is 3.53. The third-order valence-corrected chi connectivity index (χ3v) is 7.39. The SMILES string of the molecule is O=S(=O)(C1=Cc2cccc3cccc1c23)C1=Cc2cccc3cccc1c23. The average molecular weight is 366 g/mol. The van der Waals surface area contributed by atoms with Crippen molar-refractivity contribution in [1.82, 2.24) is 0 Å². The molecule has 0 atom stereocenters. The fourth-order valence-electron chi connectivity index (χ4n) is 4.39. The van der Waals surface area contributed by atoms with Gasteiger partial charge in [0, 0.05) is 11.1 Å². The second kappa shape index (κ2) is 4.96. The third kappa shape index (κ3) is 1.87. The summed E-state index contributed by atoms with van der Waals surface area (Å²) in [7, 11) is -3.64. The minimum absolute atomic E-state index is 0.394. The summed E-state index contributed by atoms with van der Waals surface area (Å²) in [6.07, 6.45) is 3.63. The van der Waals surface area contributed by atoms with Gasteiger partial charge in [-0.1, -0.05) is 72.8 Å². The number of rotatable bonds is 2. The van der Waals surface area contributed by atoms with Crippen LogP contribution in [-0.4, -0.2) is 8.42 Å². The molecule has 0 N–H and O–H groups in total. The molecule has 0 heterocycles. The van der Waals surface area contributed by atoms with Gasteiger partial charge in [-0.15, -0.1) is 0 Å². The maximum atomic E-state index is 13.7. The Labute approximate surface area is 157 Å². The highest BCUT2D eigenvalue weighted by molar-refractivity contribution is 8.09. The van der Waals surface area contributed by atoms with Gasteiger partial charge in [0.25, 0.3) is 0 Å². The van der Waals surface area contributed by atoms with E-state index < -0.39 is 9.84 Å². The first-order valence-corrected chi connectivity index (χ1v) is 10.4. The first-order chi connectivity index (χ1) is 13.1. The van der Waals surface area contributed by atoms with Crippen LogP contribution in [0.2, 0.25) is 0 Å². The smallest absolute Gasteiger partial charge is 0.207 e. The quantitative estimate of drug-likeness (QED) is 0.454. The predicted octanol–water partition coefficient (Wildman–Crippen LogP) is 5.73. The van der Waals surface area contributed by atoms with Gasteiger partial charge < -0.3 is 0 Å². The Morgan fingerprint density at radius 1 is 0.519 bits per heavy atom. The summed E-state index contributed by atoms with van der Waals surface area (Å²) in [5, 5.41) is 4.18. The van der Waals surface area contributed by atoms with Crippen LogP contribution in [0.25, 0.3) is 43.5 Å². The summed E-state index contributed by atoms with van der Waals surface area (Å²) >= 11 is 0. The molecule has 128 valence electrons. The van der Waals surface area contributed by atoms with E-state index in [0.717, 1.165) is 43.8 Å². The molecule has 2 aliphatic carbocycles. The van der Waals surface area contributed by atoms with E-state index >= 15 is 0 Å². The van der Waals surface area contributed by atoms with Crippen molar-refractivity contribution >= 4 is 53.3 Å². The van der Waals surface area contributed by atoms with Crippen molar-refractivity contribution < 1.29 is 8.42 Å². The normalized spacial score (nSPS) is 14.7. The maximum Gasteiger partial charge on any atom is 0.207 e. The van der Waals surface area contributed by atoms with E-state index in [1.807, 2.05) is 84.9 Å². The Morgan fingerprint density at radius 3 is 1.37 bits per heavy atom. The van der Waals surface area contributed by atoms with Gasteiger partial charge in [0.05, 0.1) is 9.81 Å². The van der Waals surface area contributed by atoms with Crippen molar-refractivity contribution in [3.63, 3.8) is 0 Å². The van der Waals surface area contributed by atoms with E-state index in [4.69, 9.17) is 0 Å². The maximum absolute atomic E-state index is 13.7. The van der Waals surface area contributed by atoms with Gasteiger partial charge >= 0.3 is 0 Å². The van der Waals surface area contributed by atoms with E-state index in [1.54, 1.807) is 0 Å². The van der Waals surface area contributed by atoms with E-state index in [2.05, 4.69) is 0 Å². The van der Waals surface area contributed by atoms with Crippen molar-refractivity contribution in [3.05, 3.63) is 95.1 Å². The highest BCUT2D eigenvalue weighted by atomic mass is 32.2. The van der Waals surface area contributed by atoms with Crippen LogP contribution in [0.5, 0.6) is 0 Å². The Balaban J connectivity index is 1.61. The van der Waals surface area contributed by atoms with Gasteiger partial charge in [0.2, 0.25) is 9.84 Å². The molecule has 4 aromatic carbocycles. The van der Waals surface area contributed by atoms with Gasteiger partial charge in [0.15, 0.2) is 0 Å². The molecule has 3 heteroatoms. The third-order valence-electron chi connectivity index (χ3n) is 5.56. The van der Waals surface area contributed by atoms with Crippen molar-refractivity contribution in [2.75, 3.05) is 0 Å². The Kier molecular flexibility index (Phi) is 2.75. The molecule has 0 saturated carbocycles. The molecular formula is C24H14O2S. The van der Waals surface area contributed by atoms with Crippen LogP contribution in [0.3, 0.4) is 0 Å². The molecule has 0 aromatic heterocycles. The zero-order valence-electron chi connectivity index (χ0n) is 14.3. The van der Waals surface area contributed by atoms with Crippen LogP contribution < -0.4 is 0 Å². The molecule has 4 aromatic rings. The summed E-state index contributed by atoms with van der Waals surface area (Å²) in [6.45, 7) is 0. The van der Waals surface area contributed by atoms with Crippen molar-refractivity contribution in [3.8, 4) is 0 Å². The molecule has 2 nitrogen and oxygen atoms in total. The molecule has 0 radical (unpaired) electrons. The van der Waals surface area contributed by atoms with Crippen molar-refractivity contribution in [1.29, 1.82) is 0 Å². The van der Waals surface area contributed by atoms with E-state index in [0.29, 0.717) is 9.81 Å². The molecule has 0 spiro atoms. The molecule has 0 saturated heterocycles. The molecule has 0 aliphatic heterocycles. The Hall–Kier alpha value is -3.17. The summed E-state index contributed by atoms with van der Waals surface area (Å²) in [6, 6.07) is 23.7. The van der Waals surface area contributed by atoms with Crippen LogP contribution >= 0.6 is 0 Å². The second-order valence-electron chi connectivity index (χ2n) is 7.02. The van der Waals surface area contributed by atoms with Crippen molar-refractivity contribution in [2.24, 2.45) is 0 Å². The fraction of sp³-hybridized carbons (Fsp3) is 0. The lowest BCUT2D eigenvalue weighted by Gasteiger charge is -2.10. The van der Waals surface area contributed by atoms with Gasteiger partial charge in [-0.2, -0.15) is 0 Å². The van der Waals surface area contributed by atoms with Gasteiger partial charge in [-0.05, 0) is 44.8 Å². The van der Waals surface area contributed by atoms with Crippen LogP contribution in [0.15, 0.2) is 72.8 Å². The molecule has 0 unspecified atom stereocenters. The second-order valence-corrected chi connectivity index (χ2v) is 8.91. The first-order valence-electron chi connectivity index (χ1n) is 8.87. The number of hydrogen-bond acceptors (Lipinski definition) is 2. The summed E-state index contributed by atoms with van der Waals surface area (Å²) in [4.78, 5) is 0.788. The van der Waals surface area contributed by atoms with E-state index in [-0.39, 0.29) is 0 Å². The zero-order chi connectivity index (χ0) is 18.2. The Morgan fingerprint density at radius 2 is 0.926 bits per heavy atom. The summed E-state index contributed by atoms with van der Waals surface area (Å²) < 4.78 is 27.4. The monoisotopic (exact) mass is 366 g/mol. The predicted molar refractivity (Wildman–Crippen MR) is 113 cm³/mol. The summed E-state index contributed by atoms with van der Waals surface area (Å²) in [5.74, 6) is 0. The lowest BCUT2D eigenvalue weighted by molar-refractivity contribution is 0.615. The average Bonchev–Trinajstić information content (AvgIpc) is 3.26. The molecule has 6 rings (SSSR count). The highest BCUT2D eigenvalue weighted by Crippen LogP contribution is 2.47. The minimum atomic E-state index is -3.64. The lowest BCUT2D eigenvalue weighted by Crippen LogP contribution is -2.03. The van der Waals surface area contributed by atoms with Crippen LogP contribution in [0.1, 0.15) is 22.3 Å². The van der Waals surface area contributed by atoms with Crippen LogP contribution in [-0.2, 0) is 9.84 Å². The zero-order valence-corrected chi connectivity index (χ0v) is 15.1. The van der Waals surface area contributed by atoms with Gasteiger partial charge in [-0.3, -0.25) is 0 Å². The topological polar surface area (TPSA) is 34.1 Å². The number of benzene rings is 4. The van der Waals surface area contributed by atoms with E-state index in [1.165, 1.54) is 0 Å². The lowest BCUT2D eigenvalue weighted by atomic mass is 10.0. The molecule has 0 amide bonds. The fourth-order valence-corrected chi connectivity index (χ4v) is 6.11. The standard InChI is InChI=1S/C24H14O2S/c25-27(26,21-13-17-9-1-5-15-7-3-11-19(21)23(15)17)22-14-18-10-2-6-16-8-4-12-20(22)24(16)18/h1-14H. The van der Waals surface area contributed by atoms with Crippen molar-refractivity contribution in [2.45, 2.75) is 0 Å². The van der Waals surface area contributed by atoms with Gasteiger partial charge in [0.1, 0.15) is 0 Å².